The molecule has 1 atom stereocenters. The van der Waals surface area contributed by atoms with Gasteiger partial charge in [-0.15, -0.1) is 0 Å². The number of rotatable bonds is 5. The minimum Gasteiger partial charge on any atom is -0.370 e. The van der Waals surface area contributed by atoms with Crippen molar-refractivity contribution in [1.82, 2.24) is 9.88 Å². The highest BCUT2D eigenvalue weighted by molar-refractivity contribution is 5.87. The molecule has 2 aromatic rings. The highest BCUT2D eigenvalue weighted by atomic mass is 15.1. The SMILES string of the molecule is Cc1ccc2c(C)cc(NCCC(C)N(C)C)nc2c1C. The van der Waals surface area contributed by atoms with Crippen LogP contribution >= 0.6 is 0 Å². The lowest BCUT2D eigenvalue weighted by Crippen LogP contribution is -2.26. The van der Waals surface area contributed by atoms with Gasteiger partial charge in [-0.05, 0) is 71.0 Å². The van der Waals surface area contributed by atoms with Crippen molar-refractivity contribution < 1.29 is 0 Å². The smallest absolute Gasteiger partial charge is 0.126 e. The predicted octanol–water partition coefficient (Wildman–Crippen LogP) is 3.91. The molecule has 0 spiro atoms. The van der Waals surface area contributed by atoms with Gasteiger partial charge in [0.25, 0.3) is 0 Å². The Labute approximate surface area is 128 Å². The number of aromatic nitrogens is 1. The third-order valence-electron chi connectivity index (χ3n) is 4.46. The van der Waals surface area contributed by atoms with E-state index >= 15 is 0 Å². The Balaban J connectivity index is 2.20. The Bertz CT molecular complexity index is 632. The van der Waals surface area contributed by atoms with Crippen molar-refractivity contribution >= 4 is 16.7 Å². The van der Waals surface area contributed by atoms with Crippen molar-refractivity contribution in [3.8, 4) is 0 Å². The second-order valence-electron chi connectivity index (χ2n) is 6.26. The van der Waals surface area contributed by atoms with Gasteiger partial charge in [0.05, 0.1) is 5.52 Å². The summed E-state index contributed by atoms with van der Waals surface area (Å²) < 4.78 is 0. The zero-order valence-corrected chi connectivity index (χ0v) is 14.1. The van der Waals surface area contributed by atoms with Gasteiger partial charge in [-0.25, -0.2) is 4.98 Å². The molecule has 1 unspecified atom stereocenters. The van der Waals surface area contributed by atoms with E-state index in [0.29, 0.717) is 6.04 Å². The second kappa shape index (κ2) is 6.44. The lowest BCUT2D eigenvalue weighted by atomic mass is 10.0. The van der Waals surface area contributed by atoms with Crippen molar-refractivity contribution in [2.45, 2.75) is 40.2 Å². The third kappa shape index (κ3) is 3.53. The van der Waals surface area contributed by atoms with Gasteiger partial charge in [0.15, 0.2) is 0 Å². The number of anilines is 1. The first kappa shape index (κ1) is 15.8. The highest BCUT2D eigenvalue weighted by Crippen LogP contribution is 2.25. The van der Waals surface area contributed by atoms with Gasteiger partial charge in [-0.2, -0.15) is 0 Å². The summed E-state index contributed by atoms with van der Waals surface area (Å²) in [7, 11) is 4.24. The Morgan fingerprint density at radius 1 is 1.14 bits per heavy atom. The van der Waals surface area contributed by atoms with Crippen LogP contribution in [0.5, 0.6) is 0 Å². The molecule has 3 heteroatoms. The normalized spacial score (nSPS) is 12.9. The zero-order valence-electron chi connectivity index (χ0n) is 14.1. The van der Waals surface area contributed by atoms with Crippen LogP contribution in [0.15, 0.2) is 18.2 Å². The van der Waals surface area contributed by atoms with Crippen LogP contribution < -0.4 is 5.32 Å². The fourth-order valence-electron chi connectivity index (χ4n) is 2.46. The lowest BCUT2D eigenvalue weighted by molar-refractivity contribution is 0.304. The molecule has 1 N–H and O–H groups in total. The van der Waals surface area contributed by atoms with Crippen LogP contribution in [0, 0.1) is 20.8 Å². The topological polar surface area (TPSA) is 28.2 Å². The average Bonchev–Trinajstić information content (AvgIpc) is 2.43. The largest absolute Gasteiger partial charge is 0.370 e. The molecule has 0 radical (unpaired) electrons. The maximum atomic E-state index is 4.81. The molecule has 1 aromatic heterocycles. The highest BCUT2D eigenvalue weighted by Gasteiger charge is 2.08. The van der Waals surface area contributed by atoms with Gasteiger partial charge in [-0.3, -0.25) is 0 Å². The van der Waals surface area contributed by atoms with Gasteiger partial charge in [0, 0.05) is 18.0 Å². The van der Waals surface area contributed by atoms with E-state index in [-0.39, 0.29) is 0 Å². The van der Waals surface area contributed by atoms with Gasteiger partial charge in [-0.1, -0.05) is 12.1 Å². The first-order valence-electron chi connectivity index (χ1n) is 7.68. The monoisotopic (exact) mass is 285 g/mol. The van der Waals surface area contributed by atoms with Gasteiger partial charge in [0.2, 0.25) is 0 Å². The van der Waals surface area contributed by atoms with Crippen LogP contribution in [0.1, 0.15) is 30.0 Å². The first-order chi connectivity index (χ1) is 9.90. The van der Waals surface area contributed by atoms with E-state index in [1.54, 1.807) is 0 Å². The fourth-order valence-corrected chi connectivity index (χ4v) is 2.46. The summed E-state index contributed by atoms with van der Waals surface area (Å²) in [6.07, 6.45) is 1.11. The quantitative estimate of drug-likeness (QED) is 0.902. The minimum absolute atomic E-state index is 0.572. The molecule has 3 nitrogen and oxygen atoms in total. The van der Waals surface area contributed by atoms with Crippen LogP contribution in [-0.2, 0) is 0 Å². The number of hydrogen-bond acceptors (Lipinski definition) is 3. The second-order valence-corrected chi connectivity index (χ2v) is 6.26. The van der Waals surface area contributed by atoms with Crippen molar-refractivity contribution in [1.29, 1.82) is 0 Å². The molecule has 0 amide bonds. The number of aryl methyl sites for hydroxylation is 3. The van der Waals surface area contributed by atoms with Crippen molar-refractivity contribution in [2.24, 2.45) is 0 Å². The molecule has 0 saturated carbocycles. The molecule has 0 aliphatic rings. The van der Waals surface area contributed by atoms with Crippen LogP contribution in [0.3, 0.4) is 0 Å². The summed E-state index contributed by atoms with van der Waals surface area (Å²) in [4.78, 5) is 7.06. The first-order valence-corrected chi connectivity index (χ1v) is 7.68. The predicted molar refractivity (Wildman–Crippen MR) is 92.2 cm³/mol. The average molecular weight is 285 g/mol. The molecular weight excluding hydrogens is 258 g/mol. The lowest BCUT2D eigenvalue weighted by Gasteiger charge is -2.20. The van der Waals surface area contributed by atoms with Crippen LogP contribution in [-0.4, -0.2) is 36.6 Å². The van der Waals surface area contributed by atoms with E-state index in [9.17, 15) is 0 Å². The summed E-state index contributed by atoms with van der Waals surface area (Å²) in [5.74, 6) is 0.986. The number of fused-ring (bicyclic) bond motifs is 1. The van der Waals surface area contributed by atoms with Gasteiger partial charge >= 0.3 is 0 Å². The standard InChI is InChI=1S/C18H27N3/c1-12-7-8-16-13(2)11-17(20-18(16)15(12)4)19-10-9-14(3)21(5)6/h7-8,11,14H,9-10H2,1-6H3,(H,19,20). The van der Waals surface area contributed by atoms with Crippen molar-refractivity contribution in [3.63, 3.8) is 0 Å². The number of pyridine rings is 1. The number of benzene rings is 1. The molecule has 0 aliphatic heterocycles. The van der Waals surface area contributed by atoms with E-state index in [1.165, 1.54) is 22.1 Å². The van der Waals surface area contributed by atoms with Gasteiger partial charge in [0.1, 0.15) is 5.82 Å². The summed E-state index contributed by atoms with van der Waals surface area (Å²) in [6, 6.07) is 7.08. The molecule has 1 aromatic carbocycles. The fraction of sp³-hybridized carbons (Fsp3) is 0.500. The Morgan fingerprint density at radius 2 is 1.86 bits per heavy atom. The van der Waals surface area contributed by atoms with Crippen LogP contribution in [0.2, 0.25) is 0 Å². The van der Waals surface area contributed by atoms with Crippen LogP contribution in [0.25, 0.3) is 10.9 Å². The molecule has 0 aliphatic carbocycles. The molecule has 0 saturated heterocycles. The van der Waals surface area contributed by atoms with E-state index in [0.717, 1.165) is 24.3 Å². The molecular formula is C18H27N3. The van der Waals surface area contributed by atoms with E-state index in [2.05, 4.69) is 70.2 Å². The maximum Gasteiger partial charge on any atom is 0.126 e. The summed E-state index contributed by atoms with van der Waals surface area (Å²) in [6.45, 7) is 9.65. The number of nitrogens with zero attached hydrogens (tertiary/aromatic N) is 2. The Morgan fingerprint density at radius 3 is 2.52 bits per heavy atom. The molecule has 2 rings (SSSR count). The number of hydrogen-bond donors (Lipinski definition) is 1. The summed E-state index contributed by atoms with van der Waals surface area (Å²) >= 11 is 0. The van der Waals surface area contributed by atoms with Crippen LogP contribution in [0.4, 0.5) is 5.82 Å². The van der Waals surface area contributed by atoms with Crippen molar-refractivity contribution in [2.75, 3.05) is 26.0 Å². The minimum atomic E-state index is 0.572. The Kier molecular flexibility index (Phi) is 4.84. The van der Waals surface area contributed by atoms with Crippen molar-refractivity contribution in [3.05, 3.63) is 34.9 Å². The molecule has 114 valence electrons. The molecule has 21 heavy (non-hydrogen) atoms. The molecule has 0 fully saturated rings. The zero-order chi connectivity index (χ0) is 15.6. The van der Waals surface area contributed by atoms with E-state index in [4.69, 9.17) is 4.98 Å². The molecule has 1 heterocycles. The number of nitrogens with one attached hydrogen (secondary N) is 1. The van der Waals surface area contributed by atoms with E-state index < -0.39 is 0 Å². The Hall–Kier alpha value is -1.61. The molecule has 0 bridgehead atoms. The summed E-state index contributed by atoms with van der Waals surface area (Å²) in [5, 5.41) is 4.73. The van der Waals surface area contributed by atoms with E-state index in [1.807, 2.05) is 0 Å². The third-order valence-corrected chi connectivity index (χ3v) is 4.46. The van der Waals surface area contributed by atoms with Gasteiger partial charge < -0.3 is 10.2 Å². The maximum absolute atomic E-state index is 4.81. The summed E-state index contributed by atoms with van der Waals surface area (Å²) in [5.41, 5.74) is 4.98.